The Morgan fingerprint density at radius 3 is 2.89 bits per heavy atom. The zero-order chi connectivity index (χ0) is 20.1. The van der Waals surface area contributed by atoms with Crippen molar-refractivity contribution < 1.29 is 14.3 Å². The lowest BCUT2D eigenvalue weighted by Gasteiger charge is -2.39. The van der Waals surface area contributed by atoms with Crippen LogP contribution in [0.1, 0.15) is 26.3 Å². The van der Waals surface area contributed by atoms with Crippen molar-refractivity contribution in [2.45, 2.75) is 39.0 Å². The van der Waals surface area contributed by atoms with Crippen molar-refractivity contribution in [1.29, 1.82) is 0 Å². The van der Waals surface area contributed by atoms with Gasteiger partial charge in [-0.2, -0.15) is 0 Å². The monoisotopic (exact) mass is 386 g/mol. The molecule has 0 spiro atoms. The first-order valence-electron chi connectivity index (χ1n) is 9.72. The number of amides is 1. The van der Waals surface area contributed by atoms with Crippen molar-refractivity contribution in [2.24, 2.45) is 4.99 Å². The van der Waals surface area contributed by atoms with E-state index < -0.39 is 5.60 Å². The maximum Gasteiger partial charge on any atom is 0.410 e. The number of carbonyl (C=O) groups is 1. The number of fused-ring (bicyclic) bond motifs is 1. The summed E-state index contributed by atoms with van der Waals surface area (Å²) in [7, 11) is 0. The van der Waals surface area contributed by atoms with Gasteiger partial charge in [-0.25, -0.2) is 4.79 Å². The zero-order valence-electron chi connectivity index (χ0n) is 17.0. The molecule has 0 bridgehead atoms. The molecule has 152 valence electrons. The summed E-state index contributed by atoms with van der Waals surface area (Å²) in [5.74, 6) is 1.73. The summed E-state index contributed by atoms with van der Waals surface area (Å²) in [4.78, 5) is 21.0. The number of hydrogen-bond donors (Lipinski definition) is 1. The topological polar surface area (TPSA) is 66.4 Å². The average molecular weight is 386 g/mol. The van der Waals surface area contributed by atoms with Gasteiger partial charge in [-0.3, -0.25) is 4.99 Å². The minimum Gasteiger partial charge on any atom is -0.489 e. The average Bonchev–Trinajstić information content (AvgIpc) is 3.06. The maximum absolute atomic E-state index is 12.3. The van der Waals surface area contributed by atoms with E-state index in [2.05, 4.69) is 21.8 Å². The van der Waals surface area contributed by atoms with Gasteiger partial charge in [0, 0.05) is 31.7 Å². The number of rotatable bonds is 5. The van der Waals surface area contributed by atoms with E-state index in [-0.39, 0.29) is 12.1 Å². The Balaban J connectivity index is 1.54. The minimum absolute atomic E-state index is 0.191. The third-order valence-electron chi connectivity index (χ3n) is 4.62. The van der Waals surface area contributed by atoms with Crippen molar-refractivity contribution in [2.75, 3.05) is 32.8 Å². The van der Waals surface area contributed by atoms with Gasteiger partial charge in [-0.1, -0.05) is 30.9 Å². The van der Waals surface area contributed by atoms with Gasteiger partial charge in [-0.15, -0.1) is 0 Å². The highest BCUT2D eigenvalue weighted by Gasteiger charge is 2.36. The van der Waals surface area contributed by atoms with Crippen LogP contribution in [-0.2, 0) is 11.3 Å². The lowest BCUT2D eigenvalue weighted by atomic mass is 10.2. The van der Waals surface area contributed by atoms with Gasteiger partial charge in [-0.05, 0) is 26.8 Å². The molecule has 0 saturated carbocycles. The number of aliphatic imine (C=N–C) groups is 1. The third-order valence-corrected chi connectivity index (χ3v) is 4.62. The van der Waals surface area contributed by atoms with E-state index in [9.17, 15) is 4.79 Å². The van der Waals surface area contributed by atoms with Crippen molar-refractivity contribution in [3.63, 3.8) is 0 Å². The van der Waals surface area contributed by atoms with Gasteiger partial charge in [0.05, 0.1) is 12.6 Å². The largest absolute Gasteiger partial charge is 0.489 e. The summed E-state index contributed by atoms with van der Waals surface area (Å²) in [6.45, 7) is 13.1. The smallest absolute Gasteiger partial charge is 0.410 e. The van der Waals surface area contributed by atoms with Crippen LogP contribution in [0.5, 0.6) is 5.75 Å². The molecule has 7 nitrogen and oxygen atoms in total. The molecule has 1 amide bonds. The number of nitrogens with zero attached hydrogens (tertiary/aromatic N) is 3. The quantitative estimate of drug-likeness (QED) is 0.788. The molecule has 2 aliphatic heterocycles. The second-order valence-electron chi connectivity index (χ2n) is 8.00. The first-order valence-corrected chi connectivity index (χ1v) is 9.72. The number of ether oxygens (including phenoxy) is 2. The Bertz CT molecular complexity index is 741. The van der Waals surface area contributed by atoms with Crippen LogP contribution in [0.3, 0.4) is 0 Å². The van der Waals surface area contributed by atoms with E-state index in [0.29, 0.717) is 32.8 Å². The second kappa shape index (κ2) is 8.54. The Morgan fingerprint density at radius 2 is 2.14 bits per heavy atom. The Kier molecular flexibility index (Phi) is 6.11. The van der Waals surface area contributed by atoms with Crippen LogP contribution >= 0.6 is 0 Å². The lowest BCUT2D eigenvalue weighted by molar-refractivity contribution is 0.0137. The first kappa shape index (κ1) is 20.0. The van der Waals surface area contributed by atoms with Crippen molar-refractivity contribution in [3.05, 3.63) is 42.5 Å². The van der Waals surface area contributed by atoms with Crippen LogP contribution < -0.4 is 10.1 Å². The molecule has 1 aromatic carbocycles. The van der Waals surface area contributed by atoms with Crippen LogP contribution in [0.4, 0.5) is 4.79 Å². The van der Waals surface area contributed by atoms with Crippen molar-refractivity contribution in [3.8, 4) is 5.75 Å². The normalized spacial score (nSPS) is 19.0. The Hall–Kier alpha value is -2.70. The standard InChI is InChI=1S/C21H30N4O3/c1-5-12-27-18-9-7-6-8-16(18)13-22-19-23-14-17-15-24(10-11-25(17)19)20(26)28-21(2,3)4/h5-9,17H,1,10-15H2,2-4H3,(H,22,23). The van der Waals surface area contributed by atoms with Crippen LogP contribution in [0.25, 0.3) is 0 Å². The molecule has 0 aromatic heterocycles. The summed E-state index contributed by atoms with van der Waals surface area (Å²) in [6, 6.07) is 8.14. The molecule has 2 heterocycles. The Labute approximate surface area is 167 Å². The number of guanidine groups is 1. The molecule has 1 atom stereocenters. The maximum atomic E-state index is 12.3. The van der Waals surface area contributed by atoms with E-state index in [1.165, 1.54) is 0 Å². The molecule has 0 aliphatic carbocycles. The molecular formula is C21H30N4O3. The van der Waals surface area contributed by atoms with E-state index in [1.807, 2.05) is 45.0 Å². The molecule has 2 aliphatic rings. The minimum atomic E-state index is -0.478. The van der Waals surface area contributed by atoms with E-state index in [4.69, 9.17) is 9.47 Å². The van der Waals surface area contributed by atoms with Gasteiger partial charge in [0.1, 0.15) is 18.0 Å². The lowest BCUT2D eigenvalue weighted by Crippen LogP contribution is -2.57. The highest BCUT2D eigenvalue weighted by molar-refractivity contribution is 5.82. The number of carbonyl (C=O) groups excluding carboxylic acids is 1. The fraction of sp³-hybridized carbons (Fsp3) is 0.524. The molecule has 7 heteroatoms. The van der Waals surface area contributed by atoms with Crippen LogP contribution in [0.2, 0.25) is 0 Å². The molecular weight excluding hydrogens is 356 g/mol. The predicted molar refractivity (Wildman–Crippen MR) is 110 cm³/mol. The molecule has 1 fully saturated rings. The number of para-hydroxylation sites is 1. The van der Waals surface area contributed by atoms with Crippen molar-refractivity contribution in [1.82, 2.24) is 15.1 Å². The zero-order valence-corrected chi connectivity index (χ0v) is 17.0. The van der Waals surface area contributed by atoms with E-state index in [0.717, 1.165) is 23.8 Å². The number of piperazine rings is 1. The summed E-state index contributed by atoms with van der Waals surface area (Å²) in [5, 5.41) is 3.43. The first-order chi connectivity index (χ1) is 13.4. The SMILES string of the molecule is C=CCOc1ccccc1CNC1=NCC2CN(C(=O)OC(C)(C)C)CCN12. The van der Waals surface area contributed by atoms with E-state index >= 15 is 0 Å². The Morgan fingerprint density at radius 1 is 1.36 bits per heavy atom. The predicted octanol–water partition coefficient (Wildman–Crippen LogP) is 2.63. The highest BCUT2D eigenvalue weighted by Crippen LogP contribution is 2.21. The molecule has 1 unspecified atom stereocenters. The molecule has 0 radical (unpaired) electrons. The third kappa shape index (κ3) is 4.97. The molecule has 1 aromatic rings. The molecule has 1 N–H and O–H groups in total. The van der Waals surface area contributed by atoms with Gasteiger partial charge >= 0.3 is 6.09 Å². The number of nitrogens with one attached hydrogen (secondary N) is 1. The fourth-order valence-electron chi connectivity index (χ4n) is 3.34. The number of benzene rings is 1. The summed E-state index contributed by atoms with van der Waals surface area (Å²) < 4.78 is 11.2. The van der Waals surface area contributed by atoms with E-state index in [1.54, 1.807) is 11.0 Å². The van der Waals surface area contributed by atoms with Crippen molar-refractivity contribution >= 4 is 12.1 Å². The fourth-order valence-corrected chi connectivity index (χ4v) is 3.34. The van der Waals surface area contributed by atoms with Crippen LogP contribution in [-0.4, -0.2) is 66.3 Å². The van der Waals surface area contributed by atoms with Gasteiger partial charge < -0.3 is 24.6 Å². The van der Waals surface area contributed by atoms with Crippen LogP contribution in [0.15, 0.2) is 41.9 Å². The van der Waals surface area contributed by atoms with Gasteiger partial charge in [0.25, 0.3) is 0 Å². The summed E-state index contributed by atoms with van der Waals surface area (Å²) >= 11 is 0. The van der Waals surface area contributed by atoms with Gasteiger partial charge in [0.2, 0.25) is 0 Å². The second-order valence-corrected chi connectivity index (χ2v) is 8.00. The molecule has 1 saturated heterocycles. The summed E-state index contributed by atoms with van der Waals surface area (Å²) in [6.07, 6.45) is 1.49. The molecule has 3 rings (SSSR count). The molecule has 28 heavy (non-hydrogen) atoms. The van der Waals surface area contributed by atoms with Gasteiger partial charge in [0.15, 0.2) is 5.96 Å². The van der Waals surface area contributed by atoms with Crippen LogP contribution in [0, 0.1) is 0 Å². The highest BCUT2D eigenvalue weighted by atomic mass is 16.6. The summed E-state index contributed by atoms with van der Waals surface area (Å²) in [5.41, 5.74) is 0.594. The number of hydrogen-bond acceptors (Lipinski definition) is 6.